The molecule has 1 atom stereocenters. The maximum atomic E-state index is 13.6. The lowest BCUT2D eigenvalue weighted by Gasteiger charge is -2.27. The Morgan fingerprint density at radius 1 is 0.848 bits per heavy atom. The van der Waals surface area contributed by atoms with Gasteiger partial charge >= 0.3 is 0 Å². The summed E-state index contributed by atoms with van der Waals surface area (Å²) in [5.74, 6) is -0.284. The smallest absolute Gasteiger partial charge is 0.244 e. The van der Waals surface area contributed by atoms with Crippen LogP contribution in [0.2, 0.25) is 0 Å². The van der Waals surface area contributed by atoms with Crippen molar-refractivity contribution in [1.82, 2.24) is 0 Å². The number of amides is 2. The van der Waals surface area contributed by atoms with E-state index in [1.807, 2.05) is 24.3 Å². The zero-order valence-electron chi connectivity index (χ0n) is 19.0. The first-order valence-electron chi connectivity index (χ1n) is 10.5. The summed E-state index contributed by atoms with van der Waals surface area (Å²) in [6.45, 7) is 0.331. The first-order valence-corrected chi connectivity index (χ1v) is 10.5. The van der Waals surface area contributed by atoms with E-state index < -0.39 is 11.8 Å². The monoisotopic (exact) mass is 448 g/mol. The maximum absolute atomic E-state index is 13.6. The van der Waals surface area contributed by atoms with Gasteiger partial charge in [-0.05, 0) is 53.9 Å². The Morgan fingerprint density at radius 2 is 1.52 bits per heavy atom. The van der Waals surface area contributed by atoms with Crippen LogP contribution in [0.1, 0.15) is 17.0 Å². The normalized spacial score (nSPS) is 11.4. The van der Waals surface area contributed by atoms with Crippen LogP contribution in [0.3, 0.4) is 0 Å². The Hall–Kier alpha value is -4.00. The van der Waals surface area contributed by atoms with Crippen molar-refractivity contribution in [2.45, 2.75) is 12.3 Å². The molecular weight excluding hydrogens is 420 g/mol. The lowest BCUT2D eigenvalue weighted by atomic mass is 9.96. The second-order valence-electron chi connectivity index (χ2n) is 7.37. The van der Waals surface area contributed by atoms with Crippen LogP contribution < -0.4 is 24.8 Å². The predicted molar refractivity (Wildman–Crippen MR) is 127 cm³/mol. The molecule has 172 valence electrons. The Morgan fingerprint density at radius 3 is 2.09 bits per heavy atom. The summed E-state index contributed by atoms with van der Waals surface area (Å²) in [4.78, 5) is 27.5. The lowest BCUT2D eigenvalue weighted by molar-refractivity contribution is -0.128. The van der Waals surface area contributed by atoms with Crippen LogP contribution in [0, 0.1) is 0 Å². The average molecular weight is 449 g/mol. The largest absolute Gasteiger partial charge is 0.497 e. The zero-order valence-corrected chi connectivity index (χ0v) is 19.0. The molecule has 7 heteroatoms. The quantitative estimate of drug-likeness (QED) is 0.479. The first-order chi connectivity index (χ1) is 16.0. The van der Waals surface area contributed by atoms with Crippen molar-refractivity contribution in [2.24, 2.45) is 5.73 Å². The second kappa shape index (κ2) is 11.0. The molecule has 0 aliphatic carbocycles. The summed E-state index contributed by atoms with van der Waals surface area (Å²) in [5.41, 5.74) is 7.82. The number of hydrogen-bond donors (Lipinski definition) is 1. The molecule has 3 aromatic rings. The third kappa shape index (κ3) is 5.63. The highest BCUT2D eigenvalue weighted by Crippen LogP contribution is 2.29. The zero-order chi connectivity index (χ0) is 23.8. The number of primary amides is 1. The predicted octanol–water partition coefficient (Wildman–Crippen LogP) is 3.56. The van der Waals surface area contributed by atoms with Gasteiger partial charge in [0.05, 0.1) is 21.3 Å². The first kappa shape index (κ1) is 23.7. The second-order valence-corrected chi connectivity index (χ2v) is 7.37. The molecular formula is C26H28N2O5. The Labute approximate surface area is 193 Å². The molecule has 3 aromatic carbocycles. The molecule has 1 unspecified atom stereocenters. The Balaban J connectivity index is 1.93. The fraction of sp³-hybridized carbons (Fsp3) is 0.231. The maximum Gasteiger partial charge on any atom is 0.244 e. The van der Waals surface area contributed by atoms with Crippen LogP contribution in [0.15, 0.2) is 72.8 Å². The van der Waals surface area contributed by atoms with Gasteiger partial charge < -0.3 is 24.8 Å². The fourth-order valence-electron chi connectivity index (χ4n) is 3.64. The molecule has 2 amide bonds. The number of benzene rings is 3. The summed E-state index contributed by atoms with van der Waals surface area (Å²) < 4.78 is 15.9. The van der Waals surface area contributed by atoms with E-state index >= 15 is 0 Å². The van der Waals surface area contributed by atoms with Gasteiger partial charge in [-0.3, -0.25) is 9.59 Å². The fourth-order valence-corrected chi connectivity index (χ4v) is 3.64. The van der Waals surface area contributed by atoms with E-state index in [4.69, 9.17) is 19.9 Å². The van der Waals surface area contributed by atoms with Crippen molar-refractivity contribution in [3.05, 3.63) is 83.9 Å². The highest BCUT2D eigenvalue weighted by atomic mass is 16.5. The van der Waals surface area contributed by atoms with Crippen LogP contribution >= 0.6 is 0 Å². The molecule has 0 aliphatic rings. The molecule has 0 saturated carbocycles. The Bertz CT molecular complexity index is 1080. The third-order valence-corrected chi connectivity index (χ3v) is 5.39. The number of rotatable bonds is 10. The van der Waals surface area contributed by atoms with Gasteiger partial charge in [-0.1, -0.05) is 36.4 Å². The minimum atomic E-state index is -1.10. The van der Waals surface area contributed by atoms with Crippen LogP contribution in [0.5, 0.6) is 17.2 Å². The van der Waals surface area contributed by atoms with Gasteiger partial charge in [0.1, 0.15) is 11.7 Å². The van der Waals surface area contributed by atoms with Crippen molar-refractivity contribution < 1.29 is 23.8 Å². The van der Waals surface area contributed by atoms with Gasteiger partial charge in [0, 0.05) is 12.2 Å². The van der Waals surface area contributed by atoms with Crippen molar-refractivity contribution >= 4 is 17.5 Å². The van der Waals surface area contributed by atoms with E-state index in [-0.39, 0.29) is 5.91 Å². The van der Waals surface area contributed by atoms with Gasteiger partial charge in [-0.25, -0.2) is 0 Å². The van der Waals surface area contributed by atoms with Crippen LogP contribution in [0.25, 0.3) is 0 Å². The summed E-state index contributed by atoms with van der Waals surface area (Å²) in [6, 6.07) is 21.6. The van der Waals surface area contributed by atoms with E-state index in [0.717, 1.165) is 5.56 Å². The Kier molecular flexibility index (Phi) is 7.91. The molecule has 0 fully saturated rings. The van der Waals surface area contributed by atoms with Gasteiger partial charge in [0.15, 0.2) is 11.5 Å². The number of carbonyl (C=O) groups is 2. The molecule has 0 bridgehead atoms. The number of nitrogens with two attached hydrogens (primary N) is 1. The number of hydrogen-bond acceptors (Lipinski definition) is 5. The molecule has 2 N–H and O–H groups in total. The van der Waals surface area contributed by atoms with Crippen molar-refractivity contribution in [2.75, 3.05) is 32.8 Å². The van der Waals surface area contributed by atoms with E-state index in [1.165, 1.54) is 0 Å². The van der Waals surface area contributed by atoms with E-state index in [9.17, 15) is 9.59 Å². The van der Waals surface area contributed by atoms with Crippen LogP contribution in [-0.2, 0) is 16.0 Å². The molecule has 0 heterocycles. The number of anilines is 1. The number of methoxy groups -OCH3 is 3. The van der Waals surface area contributed by atoms with Gasteiger partial charge in [-0.2, -0.15) is 0 Å². The molecule has 33 heavy (non-hydrogen) atoms. The molecule has 0 radical (unpaired) electrons. The molecule has 0 saturated heterocycles. The van der Waals surface area contributed by atoms with E-state index in [1.54, 1.807) is 74.8 Å². The molecule has 0 aromatic heterocycles. The van der Waals surface area contributed by atoms with Gasteiger partial charge in [0.25, 0.3) is 0 Å². The van der Waals surface area contributed by atoms with Crippen LogP contribution in [-0.4, -0.2) is 39.7 Å². The summed E-state index contributed by atoms with van der Waals surface area (Å²) in [6.07, 6.45) is 0.526. The molecule has 0 spiro atoms. The summed E-state index contributed by atoms with van der Waals surface area (Å²) in [7, 11) is 4.73. The lowest BCUT2D eigenvalue weighted by Crippen LogP contribution is -2.41. The van der Waals surface area contributed by atoms with Crippen molar-refractivity contribution in [3.63, 3.8) is 0 Å². The average Bonchev–Trinajstić information content (AvgIpc) is 2.85. The highest BCUT2D eigenvalue weighted by Gasteiger charge is 2.31. The van der Waals surface area contributed by atoms with Gasteiger partial charge in [-0.15, -0.1) is 0 Å². The topological polar surface area (TPSA) is 91.1 Å². The van der Waals surface area contributed by atoms with Crippen molar-refractivity contribution in [1.29, 1.82) is 0 Å². The molecule has 0 aliphatic heterocycles. The number of carbonyl (C=O) groups excluding carboxylic acids is 2. The SMILES string of the molecule is COc1ccc(N(CCc2ccc(OC)c(OC)c2)C(=O)C(C(N)=O)c2ccccc2)cc1. The van der Waals surface area contributed by atoms with E-state index in [2.05, 4.69) is 0 Å². The summed E-state index contributed by atoms with van der Waals surface area (Å²) in [5, 5.41) is 0. The van der Waals surface area contributed by atoms with Gasteiger partial charge in [0.2, 0.25) is 11.8 Å². The molecule has 3 rings (SSSR count). The van der Waals surface area contributed by atoms with Crippen LogP contribution in [0.4, 0.5) is 5.69 Å². The third-order valence-electron chi connectivity index (χ3n) is 5.39. The molecule has 7 nitrogen and oxygen atoms in total. The van der Waals surface area contributed by atoms with Crippen molar-refractivity contribution in [3.8, 4) is 17.2 Å². The minimum Gasteiger partial charge on any atom is -0.497 e. The highest BCUT2D eigenvalue weighted by molar-refractivity contribution is 6.11. The number of nitrogens with zero attached hydrogens (tertiary/aromatic N) is 1. The standard InChI is InChI=1S/C26H28N2O5/c1-31-21-12-10-20(11-13-21)28(16-15-18-9-14-22(32-2)23(17-18)33-3)26(30)24(25(27)29)19-7-5-4-6-8-19/h4-14,17,24H,15-16H2,1-3H3,(H2,27,29). The number of ether oxygens (including phenoxy) is 3. The summed E-state index contributed by atoms with van der Waals surface area (Å²) >= 11 is 0. The minimum absolute atomic E-state index is 0.331. The van der Waals surface area contributed by atoms with E-state index in [0.29, 0.717) is 41.5 Å².